The fourth-order valence-electron chi connectivity index (χ4n) is 3.84. The van der Waals surface area contributed by atoms with Crippen LogP contribution in [-0.2, 0) is 0 Å². The highest BCUT2D eigenvalue weighted by atomic mass is 15.1. The van der Waals surface area contributed by atoms with Crippen molar-refractivity contribution in [1.29, 1.82) is 0 Å². The fraction of sp³-hybridized carbons (Fsp3) is 0.208. The summed E-state index contributed by atoms with van der Waals surface area (Å²) in [5.74, 6) is 0. The first-order chi connectivity index (χ1) is 14.4. The lowest BCUT2D eigenvalue weighted by Crippen LogP contribution is -2.29. The Morgan fingerprint density at radius 2 is 1.59 bits per heavy atom. The van der Waals surface area contributed by atoms with Gasteiger partial charge in [-0.25, -0.2) is 4.98 Å². The second kappa shape index (κ2) is 7.87. The molecule has 144 valence electrons. The van der Waals surface area contributed by atoms with Crippen LogP contribution in [0, 0.1) is 0 Å². The molecule has 0 spiro atoms. The molecule has 1 N–H and O–H groups in total. The molecule has 0 bridgehead atoms. The number of fused-ring (bicyclic) bond motifs is 1. The van der Waals surface area contributed by atoms with Crippen LogP contribution < -0.4 is 10.2 Å². The summed E-state index contributed by atoms with van der Waals surface area (Å²) in [5.41, 5.74) is 6.68. The Bertz CT molecular complexity index is 1100. The minimum absolute atomic E-state index is 0.777. The third-order valence-electron chi connectivity index (χ3n) is 5.39. The standard InChI is InChI=1S/C24H23N5/c1-3-7-19(8-4-1)27-23-16-25-15-22-24(23)28-21(17-26-22)18-9-11-20(12-10-18)29-13-5-2-6-14-29/h1,3-4,7-12,15-17,27H,2,5-6,13-14H2. The van der Waals surface area contributed by atoms with Crippen molar-refractivity contribution in [3.05, 3.63) is 73.2 Å². The van der Waals surface area contributed by atoms with Gasteiger partial charge in [0.25, 0.3) is 0 Å². The number of hydrogen-bond donors (Lipinski definition) is 1. The molecular weight excluding hydrogens is 358 g/mol. The van der Waals surface area contributed by atoms with E-state index in [0.29, 0.717) is 0 Å². The third kappa shape index (κ3) is 3.76. The summed E-state index contributed by atoms with van der Waals surface area (Å²) < 4.78 is 0. The van der Waals surface area contributed by atoms with Crippen molar-refractivity contribution >= 4 is 28.1 Å². The minimum atomic E-state index is 0.777. The van der Waals surface area contributed by atoms with Gasteiger partial charge in [0.15, 0.2) is 0 Å². The highest BCUT2D eigenvalue weighted by Gasteiger charge is 2.12. The lowest BCUT2D eigenvalue weighted by atomic mass is 10.1. The van der Waals surface area contributed by atoms with Crippen LogP contribution >= 0.6 is 0 Å². The molecule has 5 heteroatoms. The average molecular weight is 381 g/mol. The van der Waals surface area contributed by atoms with E-state index in [-0.39, 0.29) is 0 Å². The molecular formula is C24H23N5. The van der Waals surface area contributed by atoms with Gasteiger partial charge in [-0.2, -0.15) is 0 Å². The molecule has 1 aliphatic heterocycles. The van der Waals surface area contributed by atoms with Crippen LogP contribution in [0.2, 0.25) is 0 Å². The summed E-state index contributed by atoms with van der Waals surface area (Å²) >= 11 is 0. The highest BCUT2D eigenvalue weighted by Crippen LogP contribution is 2.27. The molecule has 0 saturated carbocycles. The molecule has 1 fully saturated rings. The Morgan fingerprint density at radius 1 is 0.793 bits per heavy atom. The molecule has 5 rings (SSSR count). The van der Waals surface area contributed by atoms with Crippen LogP contribution in [0.5, 0.6) is 0 Å². The van der Waals surface area contributed by atoms with Crippen molar-refractivity contribution in [3.8, 4) is 11.3 Å². The van der Waals surface area contributed by atoms with E-state index >= 15 is 0 Å². The van der Waals surface area contributed by atoms with Crippen molar-refractivity contribution in [1.82, 2.24) is 15.0 Å². The summed E-state index contributed by atoms with van der Waals surface area (Å²) in [6.07, 6.45) is 9.28. The van der Waals surface area contributed by atoms with Gasteiger partial charge in [0.1, 0.15) is 11.0 Å². The molecule has 2 aromatic carbocycles. The number of aromatic nitrogens is 3. The average Bonchev–Trinajstić information content (AvgIpc) is 2.80. The van der Waals surface area contributed by atoms with E-state index in [1.54, 1.807) is 12.4 Å². The largest absolute Gasteiger partial charge is 0.372 e. The zero-order valence-electron chi connectivity index (χ0n) is 16.3. The number of anilines is 3. The van der Waals surface area contributed by atoms with Gasteiger partial charge in [0, 0.05) is 30.0 Å². The fourth-order valence-corrected chi connectivity index (χ4v) is 3.84. The Kier molecular flexibility index (Phi) is 4.78. The third-order valence-corrected chi connectivity index (χ3v) is 5.39. The normalized spacial score (nSPS) is 14.1. The maximum atomic E-state index is 4.91. The van der Waals surface area contributed by atoms with Gasteiger partial charge in [0.2, 0.25) is 0 Å². The molecule has 0 radical (unpaired) electrons. The highest BCUT2D eigenvalue weighted by molar-refractivity contribution is 5.89. The molecule has 5 nitrogen and oxygen atoms in total. The SMILES string of the molecule is c1ccc(Nc2cncc3ncc(-c4ccc(N5CCCCC5)cc4)nc23)cc1. The molecule has 29 heavy (non-hydrogen) atoms. The number of pyridine rings is 1. The van der Waals surface area contributed by atoms with Crippen molar-refractivity contribution in [3.63, 3.8) is 0 Å². The Morgan fingerprint density at radius 3 is 2.38 bits per heavy atom. The van der Waals surface area contributed by atoms with Crippen LogP contribution in [0.3, 0.4) is 0 Å². The Labute approximate surface area is 170 Å². The molecule has 1 saturated heterocycles. The summed E-state index contributed by atoms with van der Waals surface area (Å²) in [6.45, 7) is 2.30. The quantitative estimate of drug-likeness (QED) is 0.511. The number of rotatable bonds is 4. The summed E-state index contributed by atoms with van der Waals surface area (Å²) in [7, 11) is 0. The monoisotopic (exact) mass is 381 g/mol. The number of nitrogens with zero attached hydrogens (tertiary/aromatic N) is 4. The smallest absolute Gasteiger partial charge is 0.116 e. The van der Waals surface area contributed by atoms with Gasteiger partial charge >= 0.3 is 0 Å². The summed E-state index contributed by atoms with van der Waals surface area (Å²) in [6, 6.07) is 18.7. The lowest BCUT2D eigenvalue weighted by molar-refractivity contribution is 0.578. The first kappa shape index (κ1) is 17.6. The van der Waals surface area contributed by atoms with Crippen LogP contribution in [0.25, 0.3) is 22.3 Å². The van der Waals surface area contributed by atoms with Crippen LogP contribution in [0.4, 0.5) is 17.1 Å². The predicted octanol–water partition coefficient (Wildman–Crippen LogP) is 5.43. The van der Waals surface area contributed by atoms with Gasteiger partial charge < -0.3 is 10.2 Å². The zero-order valence-corrected chi connectivity index (χ0v) is 16.3. The summed E-state index contributed by atoms with van der Waals surface area (Å²) in [5, 5.41) is 3.41. The number of nitrogens with one attached hydrogen (secondary N) is 1. The predicted molar refractivity (Wildman–Crippen MR) is 119 cm³/mol. The van der Waals surface area contributed by atoms with E-state index < -0.39 is 0 Å². The Balaban J connectivity index is 1.46. The van der Waals surface area contributed by atoms with E-state index in [9.17, 15) is 0 Å². The van der Waals surface area contributed by atoms with Crippen molar-refractivity contribution in [2.75, 3.05) is 23.3 Å². The molecule has 1 aliphatic rings. The first-order valence-electron chi connectivity index (χ1n) is 10.1. The molecule has 4 aromatic rings. The van der Waals surface area contributed by atoms with Gasteiger partial charge in [-0.3, -0.25) is 9.97 Å². The second-order valence-electron chi connectivity index (χ2n) is 7.40. The molecule has 0 aliphatic carbocycles. The van der Waals surface area contributed by atoms with E-state index in [1.807, 2.05) is 36.5 Å². The van der Waals surface area contributed by atoms with Gasteiger partial charge in [-0.05, 0) is 43.5 Å². The van der Waals surface area contributed by atoms with Crippen LogP contribution in [0.1, 0.15) is 19.3 Å². The number of hydrogen-bond acceptors (Lipinski definition) is 5. The van der Waals surface area contributed by atoms with Gasteiger partial charge in [-0.1, -0.05) is 30.3 Å². The van der Waals surface area contributed by atoms with E-state index in [0.717, 1.165) is 46.8 Å². The molecule has 0 unspecified atom stereocenters. The van der Waals surface area contributed by atoms with Crippen molar-refractivity contribution < 1.29 is 0 Å². The maximum Gasteiger partial charge on any atom is 0.116 e. The molecule has 0 atom stereocenters. The van der Waals surface area contributed by atoms with Crippen LogP contribution in [-0.4, -0.2) is 28.0 Å². The molecule has 2 aromatic heterocycles. The minimum Gasteiger partial charge on any atom is -0.372 e. The maximum absolute atomic E-state index is 4.91. The number of benzene rings is 2. The molecule has 0 amide bonds. The van der Waals surface area contributed by atoms with Gasteiger partial charge in [-0.15, -0.1) is 0 Å². The number of para-hydroxylation sites is 1. The lowest BCUT2D eigenvalue weighted by Gasteiger charge is -2.28. The summed E-state index contributed by atoms with van der Waals surface area (Å²) in [4.78, 5) is 16.3. The molecule has 3 heterocycles. The van der Waals surface area contributed by atoms with E-state index in [2.05, 4.69) is 44.5 Å². The van der Waals surface area contributed by atoms with Crippen molar-refractivity contribution in [2.45, 2.75) is 19.3 Å². The van der Waals surface area contributed by atoms with E-state index in [4.69, 9.17) is 4.98 Å². The number of piperidine rings is 1. The van der Waals surface area contributed by atoms with Crippen LogP contribution in [0.15, 0.2) is 73.2 Å². The second-order valence-corrected chi connectivity index (χ2v) is 7.40. The van der Waals surface area contributed by atoms with Gasteiger partial charge in [0.05, 0.1) is 30.0 Å². The van der Waals surface area contributed by atoms with Crippen molar-refractivity contribution in [2.24, 2.45) is 0 Å². The van der Waals surface area contributed by atoms with E-state index in [1.165, 1.54) is 24.9 Å². The Hall–Kier alpha value is -3.47. The topological polar surface area (TPSA) is 53.9 Å². The zero-order chi connectivity index (χ0) is 19.5. The first-order valence-corrected chi connectivity index (χ1v) is 10.1.